The predicted octanol–water partition coefficient (Wildman–Crippen LogP) is 2.65. The molecular formula is C17H18FNO2S. The lowest BCUT2D eigenvalue weighted by atomic mass is 10.1. The molecule has 3 atom stereocenters. The van der Waals surface area contributed by atoms with Gasteiger partial charge >= 0.3 is 0 Å². The number of halogens is 1. The smallest absolute Gasteiger partial charge is 0.182 e. The first-order valence-electron chi connectivity index (χ1n) is 7.21. The molecule has 0 unspecified atom stereocenters. The van der Waals surface area contributed by atoms with Gasteiger partial charge in [-0.1, -0.05) is 29.8 Å². The van der Waals surface area contributed by atoms with E-state index in [1.807, 2.05) is 6.92 Å². The van der Waals surface area contributed by atoms with Crippen molar-refractivity contribution in [1.82, 2.24) is 0 Å². The van der Waals surface area contributed by atoms with Crippen molar-refractivity contribution in [1.29, 1.82) is 0 Å². The third-order valence-electron chi connectivity index (χ3n) is 4.33. The van der Waals surface area contributed by atoms with Crippen LogP contribution < -0.4 is 5.73 Å². The molecule has 5 heteroatoms. The highest BCUT2D eigenvalue weighted by molar-refractivity contribution is 7.92. The fourth-order valence-corrected chi connectivity index (χ4v) is 5.28. The van der Waals surface area contributed by atoms with Crippen LogP contribution in [0, 0.1) is 18.7 Å². The molecule has 22 heavy (non-hydrogen) atoms. The van der Waals surface area contributed by atoms with Crippen molar-refractivity contribution in [2.45, 2.75) is 23.0 Å². The average molecular weight is 319 g/mol. The van der Waals surface area contributed by atoms with Crippen molar-refractivity contribution in [2.24, 2.45) is 11.7 Å². The maximum absolute atomic E-state index is 13.0. The van der Waals surface area contributed by atoms with Crippen LogP contribution >= 0.6 is 0 Å². The van der Waals surface area contributed by atoms with E-state index in [0.717, 1.165) is 11.1 Å². The summed E-state index contributed by atoms with van der Waals surface area (Å²) >= 11 is 0. The van der Waals surface area contributed by atoms with Crippen molar-refractivity contribution in [3.8, 4) is 0 Å². The average Bonchev–Trinajstić information content (AvgIpc) is 3.24. The van der Waals surface area contributed by atoms with Gasteiger partial charge in [0.15, 0.2) is 9.84 Å². The Kier molecular flexibility index (Phi) is 3.78. The number of hydrogen-bond donors (Lipinski definition) is 1. The second-order valence-electron chi connectivity index (χ2n) is 5.80. The summed E-state index contributed by atoms with van der Waals surface area (Å²) in [6.45, 7) is 2.22. The normalized spacial score (nSPS) is 24.2. The van der Waals surface area contributed by atoms with E-state index in [-0.39, 0.29) is 17.7 Å². The van der Waals surface area contributed by atoms with Crippen LogP contribution in [0.5, 0.6) is 0 Å². The highest BCUT2D eigenvalue weighted by Crippen LogP contribution is 2.53. The zero-order valence-corrected chi connectivity index (χ0v) is 13.1. The lowest BCUT2D eigenvalue weighted by Gasteiger charge is -2.05. The van der Waals surface area contributed by atoms with E-state index in [0.29, 0.717) is 11.4 Å². The van der Waals surface area contributed by atoms with E-state index in [4.69, 9.17) is 5.73 Å². The molecule has 1 saturated carbocycles. The van der Waals surface area contributed by atoms with Gasteiger partial charge in [-0.2, -0.15) is 0 Å². The molecule has 0 heterocycles. The molecule has 0 radical (unpaired) electrons. The van der Waals surface area contributed by atoms with E-state index in [1.54, 1.807) is 36.4 Å². The van der Waals surface area contributed by atoms with Gasteiger partial charge in [-0.3, -0.25) is 0 Å². The third-order valence-corrected chi connectivity index (χ3v) is 6.62. The summed E-state index contributed by atoms with van der Waals surface area (Å²) in [7, 11) is -3.43. The Labute approximate surface area is 129 Å². The van der Waals surface area contributed by atoms with E-state index >= 15 is 0 Å². The first-order valence-corrected chi connectivity index (χ1v) is 8.76. The lowest BCUT2D eigenvalue weighted by molar-refractivity contribution is 0.591. The van der Waals surface area contributed by atoms with E-state index in [1.165, 1.54) is 12.1 Å². The maximum atomic E-state index is 13.0. The molecule has 0 aliphatic heterocycles. The van der Waals surface area contributed by atoms with Crippen LogP contribution in [0.15, 0.2) is 53.4 Å². The number of hydrogen-bond acceptors (Lipinski definition) is 3. The van der Waals surface area contributed by atoms with Crippen molar-refractivity contribution in [2.75, 3.05) is 6.54 Å². The predicted molar refractivity (Wildman–Crippen MR) is 83.8 cm³/mol. The first-order chi connectivity index (χ1) is 10.4. The molecule has 0 spiro atoms. The van der Waals surface area contributed by atoms with Crippen molar-refractivity contribution in [3.05, 3.63) is 65.5 Å². The molecule has 1 aliphatic rings. The SMILES string of the molecule is Cc1ccc(S(=O)(=O)[C@@H]2[C@@H](CN)[C@@H]2c2ccc(F)cc2)cc1. The number of sulfone groups is 1. The molecule has 0 bridgehead atoms. The first kappa shape index (κ1) is 15.2. The molecule has 3 nitrogen and oxygen atoms in total. The molecule has 116 valence electrons. The lowest BCUT2D eigenvalue weighted by Crippen LogP contribution is -2.13. The van der Waals surface area contributed by atoms with Gasteiger partial charge in [-0.15, -0.1) is 0 Å². The van der Waals surface area contributed by atoms with Crippen LogP contribution in [0.4, 0.5) is 4.39 Å². The van der Waals surface area contributed by atoms with Crippen LogP contribution in [0.2, 0.25) is 0 Å². The summed E-state index contributed by atoms with van der Waals surface area (Å²) in [6.07, 6.45) is 0. The summed E-state index contributed by atoms with van der Waals surface area (Å²) in [5.74, 6) is -0.597. The summed E-state index contributed by atoms with van der Waals surface area (Å²) < 4.78 is 38.6. The van der Waals surface area contributed by atoms with Gasteiger partial charge in [-0.25, -0.2) is 12.8 Å². The van der Waals surface area contributed by atoms with Crippen molar-refractivity contribution < 1.29 is 12.8 Å². The Morgan fingerprint density at radius 3 is 2.18 bits per heavy atom. The number of rotatable bonds is 4. The summed E-state index contributed by atoms with van der Waals surface area (Å²) in [5, 5.41) is -0.523. The van der Waals surface area contributed by atoms with Gasteiger partial charge in [0, 0.05) is 5.92 Å². The van der Waals surface area contributed by atoms with E-state index < -0.39 is 15.1 Å². The number of benzene rings is 2. The standard InChI is InChI=1S/C17H18FNO2S/c1-11-2-8-14(9-3-11)22(20,21)17-15(10-19)16(17)12-4-6-13(18)7-5-12/h2-9,15-17H,10,19H2,1H3/t15-,16-,17+/m0/s1. The zero-order valence-electron chi connectivity index (χ0n) is 12.2. The monoisotopic (exact) mass is 319 g/mol. The van der Waals surface area contributed by atoms with Crippen molar-refractivity contribution >= 4 is 9.84 Å². The fraction of sp³-hybridized carbons (Fsp3) is 0.294. The van der Waals surface area contributed by atoms with Crippen LogP contribution in [-0.2, 0) is 9.84 Å². The molecule has 0 saturated heterocycles. The fourth-order valence-electron chi connectivity index (χ4n) is 3.05. The Morgan fingerprint density at radius 1 is 1.05 bits per heavy atom. The van der Waals surface area contributed by atoms with E-state index in [9.17, 15) is 12.8 Å². The molecule has 1 fully saturated rings. The van der Waals surface area contributed by atoms with Gasteiger partial charge in [0.1, 0.15) is 5.82 Å². The van der Waals surface area contributed by atoms with E-state index in [2.05, 4.69) is 0 Å². The Bertz CT molecular complexity index is 769. The molecule has 0 aromatic heterocycles. The quantitative estimate of drug-likeness (QED) is 0.942. The number of aryl methyl sites for hydroxylation is 1. The Hall–Kier alpha value is -1.72. The largest absolute Gasteiger partial charge is 0.330 e. The van der Waals surface area contributed by atoms with Crippen LogP contribution in [0.25, 0.3) is 0 Å². The Balaban J connectivity index is 1.93. The van der Waals surface area contributed by atoms with Gasteiger partial charge in [-0.05, 0) is 49.2 Å². The van der Waals surface area contributed by atoms with Gasteiger partial charge in [0.25, 0.3) is 0 Å². The van der Waals surface area contributed by atoms with Gasteiger partial charge < -0.3 is 5.73 Å². The molecule has 2 N–H and O–H groups in total. The molecule has 0 amide bonds. The highest BCUT2D eigenvalue weighted by Gasteiger charge is 2.57. The van der Waals surface area contributed by atoms with Gasteiger partial charge in [0.05, 0.1) is 10.1 Å². The molecule has 2 aromatic rings. The minimum Gasteiger partial charge on any atom is -0.330 e. The second kappa shape index (κ2) is 5.48. The van der Waals surface area contributed by atoms with Gasteiger partial charge in [0.2, 0.25) is 0 Å². The second-order valence-corrected chi connectivity index (χ2v) is 7.91. The maximum Gasteiger partial charge on any atom is 0.182 e. The van der Waals surface area contributed by atoms with Crippen molar-refractivity contribution in [3.63, 3.8) is 0 Å². The summed E-state index contributed by atoms with van der Waals surface area (Å²) in [6, 6.07) is 12.9. The number of nitrogens with two attached hydrogens (primary N) is 1. The van der Waals surface area contributed by atoms with Crippen LogP contribution in [0.3, 0.4) is 0 Å². The van der Waals surface area contributed by atoms with Crippen LogP contribution in [0.1, 0.15) is 17.0 Å². The minimum atomic E-state index is -3.43. The third kappa shape index (κ3) is 2.55. The molecular weight excluding hydrogens is 301 g/mol. The van der Waals surface area contributed by atoms with Crippen LogP contribution in [-0.4, -0.2) is 20.2 Å². The summed E-state index contributed by atoms with van der Waals surface area (Å²) in [5.41, 5.74) is 7.59. The Morgan fingerprint density at radius 2 is 1.64 bits per heavy atom. The molecule has 2 aromatic carbocycles. The molecule has 1 aliphatic carbocycles. The topological polar surface area (TPSA) is 60.2 Å². The highest BCUT2D eigenvalue weighted by atomic mass is 32.2. The summed E-state index contributed by atoms with van der Waals surface area (Å²) in [4.78, 5) is 0.325. The molecule has 3 rings (SSSR count). The minimum absolute atomic E-state index is 0.114. The zero-order chi connectivity index (χ0) is 15.9.